The Kier molecular flexibility index (Phi) is 6.42. The molecule has 0 bridgehead atoms. The van der Waals surface area contributed by atoms with Gasteiger partial charge in [-0.15, -0.1) is 0 Å². The summed E-state index contributed by atoms with van der Waals surface area (Å²) in [7, 11) is 0. The van der Waals surface area contributed by atoms with Crippen LogP contribution < -0.4 is 24.8 Å². The number of rotatable bonds is 2. The van der Waals surface area contributed by atoms with E-state index in [9.17, 15) is 0 Å². The molecule has 6 atom stereocenters. The van der Waals surface area contributed by atoms with Gasteiger partial charge in [0, 0.05) is 0 Å². The Morgan fingerprint density at radius 2 is 1.00 bits per heavy atom. The molecule has 0 radical (unpaired) electrons. The van der Waals surface area contributed by atoms with E-state index >= 15 is 0 Å². The molecule has 1 saturated heterocycles. The summed E-state index contributed by atoms with van der Waals surface area (Å²) in [5.41, 5.74) is 10.3. The van der Waals surface area contributed by atoms with Gasteiger partial charge in [-0.2, -0.15) is 0 Å². The van der Waals surface area contributed by atoms with Crippen molar-refractivity contribution < 1.29 is 45.1 Å². The zero-order valence-electron chi connectivity index (χ0n) is 19.7. The summed E-state index contributed by atoms with van der Waals surface area (Å²) in [6.07, 6.45) is 10.9. The fraction of sp³-hybridized carbons (Fsp3) is 0.467. The molecule has 0 nitrogen and oxygen atoms in total. The molecule has 7 rings (SSSR count). The largest absolute Gasteiger partial charge is 1.00 e. The summed E-state index contributed by atoms with van der Waals surface area (Å²) in [6, 6.07) is 19.4. The average Bonchev–Trinajstić information content (AvgIpc) is 3.41. The normalized spacial score (nSPS) is 33.4. The van der Waals surface area contributed by atoms with Crippen LogP contribution in [-0.4, -0.2) is 0 Å². The second-order valence-electron chi connectivity index (χ2n) is 11.4. The van der Waals surface area contributed by atoms with E-state index in [1.807, 2.05) is 0 Å². The van der Waals surface area contributed by atoms with Crippen LogP contribution in [0.15, 0.2) is 71.8 Å². The number of hydrogen-bond acceptors (Lipinski definition) is 0. The molecule has 172 valence electrons. The third-order valence-corrected chi connectivity index (χ3v) is 23.7. The first-order chi connectivity index (χ1) is 15.2. The topological polar surface area (TPSA) is 0 Å². The van der Waals surface area contributed by atoms with Gasteiger partial charge in [0.2, 0.25) is 0 Å². The van der Waals surface area contributed by atoms with Crippen LogP contribution >= 0.6 is 0 Å². The molecule has 0 aromatic heterocycles. The molecular weight excluding hydrogens is 522 g/mol. The molecule has 0 spiro atoms. The van der Waals surface area contributed by atoms with Crippen molar-refractivity contribution in [3.05, 3.63) is 94.1 Å². The van der Waals surface area contributed by atoms with Crippen LogP contribution in [0.25, 0.3) is 0 Å². The van der Waals surface area contributed by atoms with Crippen LogP contribution in [0.3, 0.4) is 0 Å². The Bertz CT molecular complexity index is 1040. The Balaban J connectivity index is 0.00000114. The molecule has 5 aliphatic rings. The maximum atomic E-state index is 2.67. The van der Waals surface area contributed by atoms with E-state index in [1.54, 1.807) is 41.7 Å². The third-order valence-electron chi connectivity index (χ3n) is 9.90. The van der Waals surface area contributed by atoms with Gasteiger partial charge in [0.25, 0.3) is 0 Å². The van der Waals surface area contributed by atoms with E-state index in [1.165, 1.54) is 25.7 Å². The van der Waals surface area contributed by atoms with Crippen LogP contribution in [0.4, 0.5) is 0 Å². The molecule has 2 aromatic carbocycles. The summed E-state index contributed by atoms with van der Waals surface area (Å²) in [5, 5.41) is 0. The predicted octanol–water partition coefficient (Wildman–Crippen LogP) is 2.39. The molecule has 1 aliphatic heterocycles. The smallest absolute Gasteiger partial charge is 1.00 e. The van der Waals surface area contributed by atoms with Gasteiger partial charge in [-0.1, -0.05) is 0 Å². The molecule has 0 saturated carbocycles. The fourth-order valence-corrected chi connectivity index (χ4v) is 27.9. The standard InChI is InChI=1S/2C14H15.C2H4.2ClH.Zr/c2*1-10-6-7-12-9-11-4-2-3-5-13(11)14(12)8-10;1-2;;;/h2*2-5,8-9,12,14H,6-7H2,1H3;1-2H2;2*1H;/q;;;;;+2/p-2. The second kappa shape index (κ2) is 8.80. The fourth-order valence-electron chi connectivity index (χ4n) is 8.65. The minimum Gasteiger partial charge on any atom is -1.00 e. The van der Waals surface area contributed by atoms with Gasteiger partial charge in [-0.25, -0.2) is 0 Å². The van der Waals surface area contributed by atoms with Crippen LogP contribution in [0.1, 0.15) is 80.9 Å². The summed E-state index contributed by atoms with van der Waals surface area (Å²) >= 11 is -2.38. The van der Waals surface area contributed by atoms with Gasteiger partial charge in [-0.3, -0.25) is 0 Å². The minimum absolute atomic E-state index is 0. The molecule has 3 heteroatoms. The SMILES string of the molecule is CC1=CC2c3ccccc3[CH]([Zr+2]3([CH]4c5ccccc5C5C=C(C)CCC54)[CH2][CH2]3)C2CC1.[Cl-].[Cl-]. The molecule has 6 unspecified atom stereocenters. The molecule has 0 amide bonds. The van der Waals surface area contributed by atoms with Gasteiger partial charge < -0.3 is 24.8 Å². The molecule has 1 fully saturated rings. The summed E-state index contributed by atoms with van der Waals surface area (Å²) in [5.74, 6) is 3.24. The molecule has 0 N–H and O–H groups in total. The van der Waals surface area contributed by atoms with Crippen molar-refractivity contribution in [1.82, 2.24) is 0 Å². The molecular formula is C30H34Cl2Zr. The van der Waals surface area contributed by atoms with E-state index in [0.29, 0.717) is 11.8 Å². The number of allylic oxidation sites excluding steroid dienone is 4. The monoisotopic (exact) mass is 554 g/mol. The van der Waals surface area contributed by atoms with E-state index < -0.39 is 20.3 Å². The van der Waals surface area contributed by atoms with Crippen molar-refractivity contribution in [2.45, 2.75) is 66.9 Å². The number of halogens is 2. The van der Waals surface area contributed by atoms with E-state index in [2.05, 4.69) is 74.5 Å². The summed E-state index contributed by atoms with van der Waals surface area (Å²) in [4.78, 5) is 0. The van der Waals surface area contributed by atoms with Crippen molar-refractivity contribution in [2.24, 2.45) is 11.8 Å². The Labute approximate surface area is 216 Å². The van der Waals surface area contributed by atoms with Crippen LogP contribution in [-0.2, 0) is 20.3 Å². The van der Waals surface area contributed by atoms with Crippen molar-refractivity contribution in [3.63, 3.8) is 0 Å². The zero-order valence-corrected chi connectivity index (χ0v) is 23.7. The maximum absolute atomic E-state index is 2.67. The van der Waals surface area contributed by atoms with Crippen LogP contribution in [0.2, 0.25) is 8.26 Å². The number of fused-ring (bicyclic) bond motifs is 6. The van der Waals surface area contributed by atoms with Gasteiger partial charge in [0.15, 0.2) is 0 Å². The second-order valence-corrected chi connectivity index (χ2v) is 23.0. The molecule has 4 aliphatic carbocycles. The Morgan fingerprint density at radius 1 is 0.606 bits per heavy atom. The van der Waals surface area contributed by atoms with Crippen LogP contribution in [0.5, 0.6) is 0 Å². The van der Waals surface area contributed by atoms with Gasteiger partial charge in [-0.05, 0) is 0 Å². The molecule has 1 heterocycles. The van der Waals surface area contributed by atoms with Gasteiger partial charge in [0.05, 0.1) is 0 Å². The summed E-state index contributed by atoms with van der Waals surface area (Å²) < 4.78 is 5.21. The predicted molar refractivity (Wildman–Crippen MR) is 126 cm³/mol. The Hall–Kier alpha value is -0.617. The van der Waals surface area contributed by atoms with Crippen molar-refractivity contribution in [3.8, 4) is 0 Å². The first-order valence-corrected chi connectivity index (χ1v) is 19.0. The van der Waals surface area contributed by atoms with Crippen molar-refractivity contribution in [1.29, 1.82) is 0 Å². The minimum atomic E-state index is -2.38. The van der Waals surface area contributed by atoms with Gasteiger partial charge >= 0.3 is 193 Å². The number of hydrogen-bond donors (Lipinski definition) is 0. The first kappa shape index (κ1) is 24.1. The van der Waals surface area contributed by atoms with E-state index in [0.717, 1.165) is 19.1 Å². The quantitative estimate of drug-likeness (QED) is 0.499. The zero-order chi connectivity index (χ0) is 20.7. The van der Waals surface area contributed by atoms with Crippen molar-refractivity contribution in [2.75, 3.05) is 0 Å². The van der Waals surface area contributed by atoms with Crippen molar-refractivity contribution >= 4 is 0 Å². The average molecular weight is 557 g/mol. The van der Waals surface area contributed by atoms with Gasteiger partial charge in [0.1, 0.15) is 0 Å². The van der Waals surface area contributed by atoms with E-state index in [-0.39, 0.29) is 24.8 Å². The summed E-state index contributed by atoms with van der Waals surface area (Å²) in [6.45, 7) is 4.74. The van der Waals surface area contributed by atoms with Crippen LogP contribution in [0, 0.1) is 11.8 Å². The third kappa shape index (κ3) is 3.47. The van der Waals surface area contributed by atoms with E-state index in [4.69, 9.17) is 0 Å². The number of benzene rings is 2. The molecule has 33 heavy (non-hydrogen) atoms. The first-order valence-electron chi connectivity index (χ1n) is 12.7. The maximum Gasteiger partial charge on any atom is -1.00 e. The molecule has 2 aromatic rings. The Morgan fingerprint density at radius 3 is 1.39 bits per heavy atom.